The van der Waals surface area contributed by atoms with E-state index >= 15 is 0 Å². The molecule has 0 spiro atoms. The fourth-order valence-corrected chi connectivity index (χ4v) is 3.47. The molecule has 1 N–H and O–H groups in total. The Hall–Kier alpha value is -3.29. The third kappa shape index (κ3) is 6.60. The molecule has 0 aliphatic rings. The number of ether oxygens (including phenoxy) is 4. The van der Waals surface area contributed by atoms with Gasteiger partial charge in [-0.05, 0) is 43.9 Å². The normalized spacial score (nSPS) is 10.6. The van der Waals surface area contributed by atoms with Crippen LogP contribution in [0.4, 0.5) is 4.39 Å². The zero-order valence-corrected chi connectivity index (χ0v) is 19.5. The molecular formula is C25H31FO7. The van der Waals surface area contributed by atoms with Crippen LogP contribution in [-0.4, -0.2) is 44.8 Å². The van der Waals surface area contributed by atoms with Crippen LogP contribution in [0.25, 0.3) is 0 Å². The van der Waals surface area contributed by atoms with Gasteiger partial charge >= 0.3 is 5.97 Å². The van der Waals surface area contributed by atoms with E-state index in [4.69, 9.17) is 18.9 Å². The van der Waals surface area contributed by atoms with Gasteiger partial charge in [0.05, 0.1) is 33.5 Å². The smallest absolute Gasteiger partial charge is 0.341 e. The van der Waals surface area contributed by atoms with Crippen LogP contribution < -0.4 is 14.2 Å². The van der Waals surface area contributed by atoms with Crippen LogP contribution >= 0.6 is 0 Å². The van der Waals surface area contributed by atoms with Crippen LogP contribution in [0.5, 0.6) is 23.0 Å². The lowest BCUT2D eigenvalue weighted by Crippen LogP contribution is -2.07. The SMILES string of the molecule is CCCc1c(OCCCCCC(=O)c2cc(OC)c(OC)cc2F)ccc(C(=O)OC)c1O. The molecule has 0 radical (unpaired) electrons. The second-order valence-electron chi connectivity index (χ2n) is 7.45. The minimum absolute atomic E-state index is 0.0192. The molecule has 0 aromatic heterocycles. The Balaban J connectivity index is 1.88. The van der Waals surface area contributed by atoms with E-state index in [0.717, 1.165) is 12.5 Å². The van der Waals surface area contributed by atoms with Crippen LogP contribution in [0.15, 0.2) is 24.3 Å². The van der Waals surface area contributed by atoms with E-state index in [-0.39, 0.29) is 34.8 Å². The van der Waals surface area contributed by atoms with Gasteiger partial charge in [-0.1, -0.05) is 13.3 Å². The van der Waals surface area contributed by atoms with Gasteiger partial charge in [-0.25, -0.2) is 9.18 Å². The molecular weight excluding hydrogens is 431 g/mol. The van der Waals surface area contributed by atoms with Crippen LogP contribution in [0, 0.1) is 5.82 Å². The Labute approximate surface area is 193 Å². The molecule has 0 heterocycles. The first kappa shape index (κ1) is 26.0. The van der Waals surface area contributed by atoms with Crippen molar-refractivity contribution in [3.63, 3.8) is 0 Å². The van der Waals surface area contributed by atoms with Crippen molar-refractivity contribution in [2.45, 2.75) is 45.4 Å². The van der Waals surface area contributed by atoms with Gasteiger partial charge in [-0.2, -0.15) is 0 Å². The van der Waals surface area contributed by atoms with E-state index in [2.05, 4.69) is 0 Å². The fourth-order valence-electron chi connectivity index (χ4n) is 3.47. The lowest BCUT2D eigenvalue weighted by molar-refractivity contribution is 0.0597. The number of halogens is 1. The molecule has 0 aliphatic carbocycles. The summed E-state index contributed by atoms with van der Waals surface area (Å²) in [5.74, 6) is -0.611. The van der Waals surface area contributed by atoms with Crippen molar-refractivity contribution >= 4 is 11.8 Å². The van der Waals surface area contributed by atoms with Gasteiger partial charge in [0.15, 0.2) is 17.3 Å². The Bertz CT molecular complexity index is 972. The number of aromatic hydroxyl groups is 1. The minimum atomic E-state index is -0.639. The number of hydrogen-bond donors (Lipinski definition) is 1. The first-order chi connectivity index (χ1) is 15.9. The molecule has 0 saturated heterocycles. The number of carbonyl (C=O) groups is 2. The molecule has 33 heavy (non-hydrogen) atoms. The molecule has 0 amide bonds. The molecule has 0 unspecified atom stereocenters. The van der Waals surface area contributed by atoms with Crippen LogP contribution in [-0.2, 0) is 11.2 Å². The summed E-state index contributed by atoms with van der Waals surface area (Å²) in [6.45, 7) is 2.35. The summed E-state index contributed by atoms with van der Waals surface area (Å²) in [5, 5.41) is 10.4. The molecule has 0 bridgehead atoms. The molecule has 7 nitrogen and oxygen atoms in total. The van der Waals surface area contributed by atoms with Crippen molar-refractivity contribution < 1.29 is 38.0 Å². The second kappa shape index (κ2) is 12.7. The lowest BCUT2D eigenvalue weighted by atomic mass is 10.0. The highest BCUT2D eigenvalue weighted by Gasteiger charge is 2.19. The van der Waals surface area contributed by atoms with Crippen LogP contribution in [0.1, 0.15) is 65.3 Å². The van der Waals surface area contributed by atoms with Crippen molar-refractivity contribution in [2.75, 3.05) is 27.9 Å². The van der Waals surface area contributed by atoms with Gasteiger partial charge in [0.1, 0.15) is 22.9 Å². The van der Waals surface area contributed by atoms with Gasteiger partial charge in [0.2, 0.25) is 0 Å². The van der Waals surface area contributed by atoms with E-state index in [9.17, 15) is 19.1 Å². The van der Waals surface area contributed by atoms with Gasteiger partial charge in [-0.3, -0.25) is 4.79 Å². The number of phenolic OH excluding ortho intramolecular Hbond substituents is 1. The molecule has 0 saturated carbocycles. The fraction of sp³-hybridized carbons (Fsp3) is 0.440. The molecule has 0 fully saturated rings. The molecule has 2 aromatic rings. The maximum absolute atomic E-state index is 14.2. The van der Waals surface area contributed by atoms with Gasteiger partial charge in [0, 0.05) is 18.1 Å². The number of ketones is 1. The Kier molecular flexibility index (Phi) is 9.97. The average molecular weight is 463 g/mol. The molecule has 8 heteroatoms. The van der Waals surface area contributed by atoms with Crippen molar-refractivity contribution in [1.29, 1.82) is 0 Å². The monoisotopic (exact) mass is 462 g/mol. The number of hydrogen-bond acceptors (Lipinski definition) is 7. The van der Waals surface area contributed by atoms with Gasteiger partial charge < -0.3 is 24.1 Å². The van der Waals surface area contributed by atoms with E-state index in [0.29, 0.717) is 49.4 Å². The topological polar surface area (TPSA) is 91.3 Å². The van der Waals surface area contributed by atoms with Crippen molar-refractivity contribution in [3.05, 3.63) is 46.8 Å². The summed E-state index contributed by atoms with van der Waals surface area (Å²) < 4.78 is 34.9. The number of carbonyl (C=O) groups excluding carboxylic acids is 2. The maximum Gasteiger partial charge on any atom is 0.341 e. The lowest BCUT2D eigenvalue weighted by Gasteiger charge is -2.14. The van der Waals surface area contributed by atoms with E-state index in [1.807, 2.05) is 6.92 Å². The highest BCUT2D eigenvalue weighted by atomic mass is 19.1. The average Bonchev–Trinajstić information content (AvgIpc) is 2.82. The Morgan fingerprint density at radius 1 is 0.939 bits per heavy atom. The first-order valence-electron chi connectivity index (χ1n) is 10.9. The summed E-state index contributed by atoms with van der Waals surface area (Å²) in [7, 11) is 4.09. The number of phenols is 1. The van der Waals surface area contributed by atoms with Crippen molar-refractivity contribution in [2.24, 2.45) is 0 Å². The van der Waals surface area contributed by atoms with Crippen molar-refractivity contribution in [3.8, 4) is 23.0 Å². The number of methoxy groups -OCH3 is 3. The second-order valence-corrected chi connectivity index (χ2v) is 7.45. The number of unbranched alkanes of at least 4 members (excludes halogenated alkanes) is 2. The summed E-state index contributed by atoms with van der Waals surface area (Å²) in [4.78, 5) is 24.2. The highest BCUT2D eigenvalue weighted by molar-refractivity contribution is 5.97. The van der Waals surface area contributed by atoms with Crippen LogP contribution in [0.2, 0.25) is 0 Å². The summed E-state index contributed by atoms with van der Waals surface area (Å²) in [6, 6.07) is 5.64. The van der Waals surface area contributed by atoms with Gasteiger partial charge in [-0.15, -0.1) is 0 Å². The summed E-state index contributed by atoms with van der Waals surface area (Å²) >= 11 is 0. The Morgan fingerprint density at radius 3 is 2.27 bits per heavy atom. The number of rotatable bonds is 13. The third-order valence-electron chi connectivity index (χ3n) is 5.22. The maximum atomic E-state index is 14.2. The minimum Gasteiger partial charge on any atom is -0.507 e. The Morgan fingerprint density at radius 2 is 1.64 bits per heavy atom. The number of benzene rings is 2. The molecule has 2 aromatic carbocycles. The predicted molar refractivity (Wildman–Crippen MR) is 121 cm³/mol. The molecule has 2 rings (SSSR count). The van der Waals surface area contributed by atoms with Crippen molar-refractivity contribution in [1.82, 2.24) is 0 Å². The van der Waals surface area contributed by atoms with E-state index in [1.54, 1.807) is 6.07 Å². The zero-order valence-electron chi connectivity index (χ0n) is 19.5. The molecule has 180 valence electrons. The largest absolute Gasteiger partial charge is 0.507 e. The predicted octanol–water partition coefficient (Wildman–Crippen LogP) is 5.11. The highest BCUT2D eigenvalue weighted by Crippen LogP contribution is 2.33. The summed E-state index contributed by atoms with van der Waals surface area (Å²) in [6.07, 6.45) is 3.47. The zero-order chi connectivity index (χ0) is 24.4. The molecule has 0 aliphatic heterocycles. The number of Topliss-reactive ketones (excluding diaryl/α,β-unsaturated/α-hetero) is 1. The van der Waals surface area contributed by atoms with Gasteiger partial charge in [0.25, 0.3) is 0 Å². The quantitative estimate of drug-likeness (QED) is 0.251. The standard InChI is InChI=1S/C25H31FO7/c1-5-9-16-21(12-11-17(24(16)28)25(29)32-4)33-13-8-6-7-10-20(27)18-14-22(30-2)23(31-3)15-19(18)26/h11-12,14-15,28H,5-10,13H2,1-4H3. The van der Waals surface area contributed by atoms with Crippen LogP contribution in [0.3, 0.4) is 0 Å². The van der Waals surface area contributed by atoms with E-state index in [1.165, 1.54) is 33.5 Å². The molecule has 0 atom stereocenters. The summed E-state index contributed by atoms with van der Waals surface area (Å²) in [5.41, 5.74) is 0.656. The third-order valence-corrected chi connectivity index (χ3v) is 5.22. The van der Waals surface area contributed by atoms with E-state index < -0.39 is 11.8 Å². The first-order valence-corrected chi connectivity index (χ1v) is 10.9. The number of esters is 1.